The van der Waals surface area contributed by atoms with E-state index in [0.717, 1.165) is 19.0 Å². The van der Waals surface area contributed by atoms with Crippen molar-refractivity contribution in [1.29, 1.82) is 0 Å². The third-order valence-electron chi connectivity index (χ3n) is 3.05. The van der Waals surface area contributed by atoms with Crippen LogP contribution in [0.1, 0.15) is 39.0 Å². The maximum absolute atomic E-state index is 5.55. The second-order valence-electron chi connectivity index (χ2n) is 4.50. The number of rotatable bonds is 5. The van der Waals surface area contributed by atoms with Gasteiger partial charge in [-0.2, -0.15) is 0 Å². The Morgan fingerprint density at radius 3 is 2.62 bits per heavy atom. The first-order valence-corrected chi connectivity index (χ1v) is 5.73. The van der Waals surface area contributed by atoms with Gasteiger partial charge in [-0.3, -0.25) is 0 Å². The summed E-state index contributed by atoms with van der Waals surface area (Å²) in [6, 6.07) is 0. The first-order valence-electron chi connectivity index (χ1n) is 5.73. The number of hydrogen-bond donors (Lipinski definition) is 2. The van der Waals surface area contributed by atoms with Crippen molar-refractivity contribution in [3.05, 3.63) is 0 Å². The Kier molecular flexibility index (Phi) is 5.40. The van der Waals surface area contributed by atoms with Gasteiger partial charge in [0.25, 0.3) is 0 Å². The lowest BCUT2D eigenvalue weighted by atomic mass is 9.89. The molecule has 0 aromatic rings. The van der Waals surface area contributed by atoms with Gasteiger partial charge in [0.2, 0.25) is 0 Å². The third kappa shape index (κ3) is 4.63. The van der Waals surface area contributed by atoms with E-state index in [9.17, 15) is 0 Å². The molecule has 78 valence electrons. The molecule has 0 saturated heterocycles. The highest BCUT2D eigenvalue weighted by Gasteiger charge is 2.12. The van der Waals surface area contributed by atoms with Crippen LogP contribution in [0.3, 0.4) is 0 Å². The van der Waals surface area contributed by atoms with Crippen LogP contribution in [0.15, 0.2) is 0 Å². The van der Waals surface area contributed by atoms with Gasteiger partial charge in [0.15, 0.2) is 0 Å². The van der Waals surface area contributed by atoms with E-state index in [1.54, 1.807) is 0 Å². The Morgan fingerprint density at radius 1 is 1.31 bits per heavy atom. The Hall–Kier alpha value is -0.0800. The quantitative estimate of drug-likeness (QED) is 0.683. The largest absolute Gasteiger partial charge is 0.330 e. The summed E-state index contributed by atoms with van der Waals surface area (Å²) in [4.78, 5) is 0. The molecule has 1 rings (SSSR count). The van der Waals surface area contributed by atoms with Gasteiger partial charge in [0, 0.05) is 0 Å². The highest BCUT2D eigenvalue weighted by molar-refractivity contribution is 4.68. The average molecular weight is 184 g/mol. The fourth-order valence-corrected chi connectivity index (χ4v) is 2.01. The van der Waals surface area contributed by atoms with Crippen molar-refractivity contribution in [2.75, 3.05) is 19.6 Å². The molecule has 13 heavy (non-hydrogen) atoms. The van der Waals surface area contributed by atoms with Crippen molar-refractivity contribution in [2.24, 2.45) is 17.6 Å². The molecule has 0 spiro atoms. The predicted molar refractivity (Wildman–Crippen MR) is 57.7 cm³/mol. The minimum absolute atomic E-state index is 0.628. The summed E-state index contributed by atoms with van der Waals surface area (Å²) in [7, 11) is 0. The van der Waals surface area contributed by atoms with E-state index in [1.807, 2.05) is 0 Å². The molecule has 0 aromatic carbocycles. The van der Waals surface area contributed by atoms with E-state index < -0.39 is 0 Å². The zero-order valence-electron chi connectivity index (χ0n) is 8.89. The molecule has 0 heterocycles. The number of hydrogen-bond acceptors (Lipinski definition) is 2. The summed E-state index contributed by atoms with van der Waals surface area (Å²) in [5.41, 5.74) is 5.55. The second-order valence-corrected chi connectivity index (χ2v) is 4.50. The Labute approximate surface area is 82.3 Å². The highest BCUT2D eigenvalue weighted by atomic mass is 14.9. The lowest BCUT2D eigenvalue weighted by Crippen LogP contribution is -2.30. The third-order valence-corrected chi connectivity index (χ3v) is 3.05. The zero-order valence-corrected chi connectivity index (χ0v) is 8.89. The van der Waals surface area contributed by atoms with Crippen molar-refractivity contribution in [3.63, 3.8) is 0 Å². The summed E-state index contributed by atoms with van der Waals surface area (Å²) in [5, 5.41) is 3.53. The van der Waals surface area contributed by atoms with Crippen molar-refractivity contribution in [2.45, 2.75) is 39.0 Å². The normalized spacial score (nSPS) is 21.7. The molecule has 0 aromatic heterocycles. The Balaban J connectivity index is 1.98. The summed E-state index contributed by atoms with van der Waals surface area (Å²) in [6.45, 7) is 5.31. The van der Waals surface area contributed by atoms with E-state index in [1.165, 1.54) is 38.6 Å². The molecule has 0 bridgehead atoms. The van der Waals surface area contributed by atoms with Gasteiger partial charge < -0.3 is 11.1 Å². The molecule has 2 nitrogen and oxygen atoms in total. The molecular formula is C11H24N2. The number of nitrogens with two attached hydrogens (primary N) is 1. The van der Waals surface area contributed by atoms with Gasteiger partial charge in [-0.1, -0.05) is 26.2 Å². The van der Waals surface area contributed by atoms with Crippen LogP contribution >= 0.6 is 0 Å². The van der Waals surface area contributed by atoms with Crippen LogP contribution in [0, 0.1) is 11.8 Å². The van der Waals surface area contributed by atoms with Crippen LogP contribution in [0.2, 0.25) is 0 Å². The highest BCUT2D eigenvalue weighted by Crippen LogP contribution is 2.22. The maximum atomic E-state index is 5.55. The van der Waals surface area contributed by atoms with Crippen LogP contribution in [0.5, 0.6) is 0 Å². The van der Waals surface area contributed by atoms with Crippen LogP contribution in [-0.2, 0) is 0 Å². The van der Waals surface area contributed by atoms with Crippen LogP contribution in [0.25, 0.3) is 0 Å². The molecule has 1 aliphatic rings. The predicted octanol–water partition coefficient (Wildman–Crippen LogP) is 1.75. The fourth-order valence-electron chi connectivity index (χ4n) is 2.01. The van der Waals surface area contributed by atoms with Crippen molar-refractivity contribution in [3.8, 4) is 0 Å². The summed E-state index contributed by atoms with van der Waals surface area (Å²) >= 11 is 0. The monoisotopic (exact) mass is 184 g/mol. The van der Waals surface area contributed by atoms with E-state index in [2.05, 4.69) is 12.2 Å². The lowest BCUT2D eigenvalue weighted by Gasteiger charge is -2.22. The molecule has 0 radical (unpaired) electrons. The van der Waals surface area contributed by atoms with Gasteiger partial charge in [-0.25, -0.2) is 0 Å². The van der Waals surface area contributed by atoms with Crippen molar-refractivity contribution >= 4 is 0 Å². The average Bonchev–Trinajstić information content (AvgIpc) is 2.19. The summed E-state index contributed by atoms with van der Waals surface area (Å²) in [5.74, 6) is 1.57. The van der Waals surface area contributed by atoms with Crippen LogP contribution in [0.4, 0.5) is 0 Å². The van der Waals surface area contributed by atoms with Crippen LogP contribution in [-0.4, -0.2) is 19.6 Å². The SMILES string of the molecule is CC(CN)CNCC1CCCCC1. The number of nitrogens with one attached hydrogen (secondary N) is 1. The van der Waals surface area contributed by atoms with Gasteiger partial charge in [0.05, 0.1) is 0 Å². The maximum Gasteiger partial charge on any atom is -0.00110 e. The minimum atomic E-state index is 0.628. The Bertz CT molecular complexity index is 119. The first kappa shape index (κ1) is 11.0. The molecule has 1 fully saturated rings. The molecular weight excluding hydrogens is 160 g/mol. The molecule has 3 N–H and O–H groups in total. The Morgan fingerprint density at radius 2 is 2.00 bits per heavy atom. The topological polar surface area (TPSA) is 38.0 Å². The molecule has 0 aliphatic heterocycles. The first-order chi connectivity index (χ1) is 6.33. The molecule has 1 unspecified atom stereocenters. The molecule has 1 atom stereocenters. The van der Waals surface area contributed by atoms with Gasteiger partial charge in [-0.05, 0) is 44.3 Å². The molecule has 1 saturated carbocycles. The smallest absolute Gasteiger partial charge is 0.00110 e. The van der Waals surface area contributed by atoms with Gasteiger partial charge in [-0.15, -0.1) is 0 Å². The standard InChI is InChI=1S/C11H24N2/c1-10(7-12)8-13-9-11-5-3-2-4-6-11/h10-11,13H,2-9,12H2,1H3. The van der Waals surface area contributed by atoms with E-state index in [0.29, 0.717) is 5.92 Å². The molecule has 2 heteroatoms. The van der Waals surface area contributed by atoms with E-state index in [-0.39, 0.29) is 0 Å². The van der Waals surface area contributed by atoms with Crippen molar-refractivity contribution < 1.29 is 0 Å². The molecule has 0 amide bonds. The van der Waals surface area contributed by atoms with E-state index in [4.69, 9.17) is 5.73 Å². The van der Waals surface area contributed by atoms with E-state index >= 15 is 0 Å². The van der Waals surface area contributed by atoms with Gasteiger partial charge >= 0.3 is 0 Å². The summed E-state index contributed by atoms with van der Waals surface area (Å²) < 4.78 is 0. The fraction of sp³-hybridized carbons (Fsp3) is 1.00. The summed E-state index contributed by atoms with van der Waals surface area (Å²) in [6.07, 6.45) is 7.21. The van der Waals surface area contributed by atoms with Crippen LogP contribution < -0.4 is 11.1 Å². The lowest BCUT2D eigenvalue weighted by molar-refractivity contribution is 0.335. The van der Waals surface area contributed by atoms with Gasteiger partial charge in [0.1, 0.15) is 0 Å². The molecule has 1 aliphatic carbocycles. The van der Waals surface area contributed by atoms with Crippen molar-refractivity contribution in [1.82, 2.24) is 5.32 Å². The zero-order chi connectivity index (χ0) is 9.52. The second kappa shape index (κ2) is 6.39. The minimum Gasteiger partial charge on any atom is -0.330 e.